The predicted octanol–water partition coefficient (Wildman–Crippen LogP) is 3.72. The van der Waals surface area contributed by atoms with Crippen LogP contribution >= 0.6 is 14.3 Å². The van der Waals surface area contributed by atoms with Gasteiger partial charge in [-0.05, 0) is 23.9 Å². The van der Waals surface area contributed by atoms with Crippen molar-refractivity contribution in [1.29, 1.82) is 10.5 Å². The molecule has 6 heterocycles. The van der Waals surface area contributed by atoms with E-state index < -0.39 is 99.6 Å². The fourth-order valence-electron chi connectivity index (χ4n) is 6.83. The van der Waals surface area contributed by atoms with Crippen LogP contribution in [0.2, 0.25) is 0 Å². The third-order valence-corrected chi connectivity index (χ3v) is 14.0. The van der Waals surface area contributed by atoms with Gasteiger partial charge >= 0.3 is 20.0 Å². The van der Waals surface area contributed by atoms with Crippen LogP contribution in [0, 0.1) is 34.5 Å². The average Bonchev–Trinajstić information content (AvgIpc) is 3.86. The summed E-state index contributed by atoms with van der Waals surface area (Å²) in [6.45, 7) is -3.60. The van der Waals surface area contributed by atoms with Gasteiger partial charge in [0.15, 0.2) is 29.4 Å². The lowest BCUT2D eigenvalue weighted by molar-refractivity contribution is -0.0517. The number of benzene rings is 1. The molecule has 10 atom stereocenters. The molecule has 58 heavy (non-hydrogen) atoms. The standard InChI is InChI=1S/C34H36FN9O11P2S/c1-20-28-24(54-32(20)43-12-9-25(45)41-34(43)47)16-51-56(48,49-13-5-10-36)17-22-23(15-52-57(58,55-28)50-14-6-11-37)53-33(26(22)35)44-19-40-27-29(38-18-39-30(27)44)42-31(46)21-7-3-2-4-8-21/h2-4,7-9,12,18-20,22-24,26,28,32-33H,5-6,13-17H2,1H3,(H,41,45,47)(H,38,39,42,46)/t20-,22-,23-,24-,26-,28+,32-,33-,56?,57?/m1/s1. The number of aromatic nitrogens is 6. The number of hydrogen-bond acceptors (Lipinski definition) is 17. The van der Waals surface area contributed by atoms with E-state index >= 15 is 4.39 Å². The second kappa shape index (κ2) is 17.7. The Morgan fingerprint density at radius 1 is 1.02 bits per heavy atom. The van der Waals surface area contributed by atoms with Crippen molar-refractivity contribution >= 4 is 49.0 Å². The molecule has 7 rings (SSSR count). The number of carbonyl (C=O) groups is 1. The normalized spacial score (nSPS) is 31.2. The average molecular weight is 860 g/mol. The van der Waals surface area contributed by atoms with Crippen LogP contribution in [-0.4, -0.2) is 92.1 Å². The lowest BCUT2D eigenvalue weighted by Crippen LogP contribution is -2.35. The van der Waals surface area contributed by atoms with Crippen LogP contribution in [0.3, 0.4) is 0 Å². The summed E-state index contributed by atoms with van der Waals surface area (Å²) in [4.78, 5) is 52.5. The van der Waals surface area contributed by atoms with E-state index in [9.17, 15) is 29.5 Å². The van der Waals surface area contributed by atoms with Crippen LogP contribution in [0.25, 0.3) is 11.2 Å². The number of H-pyrrole nitrogens is 1. The maximum atomic E-state index is 17.0. The molecule has 3 aliphatic heterocycles. The zero-order valence-corrected chi connectivity index (χ0v) is 33.2. The molecule has 0 spiro atoms. The van der Waals surface area contributed by atoms with Crippen molar-refractivity contribution in [3.63, 3.8) is 0 Å². The van der Waals surface area contributed by atoms with E-state index in [1.165, 1.54) is 23.4 Å². The minimum atomic E-state index is -4.30. The predicted molar refractivity (Wildman–Crippen MR) is 202 cm³/mol. The monoisotopic (exact) mass is 859 g/mol. The number of nitriles is 2. The summed E-state index contributed by atoms with van der Waals surface area (Å²) in [7, 11) is -4.30. The van der Waals surface area contributed by atoms with Gasteiger partial charge in [0, 0.05) is 29.7 Å². The second-order valence-electron chi connectivity index (χ2n) is 13.4. The van der Waals surface area contributed by atoms with E-state index in [1.807, 2.05) is 12.1 Å². The first-order chi connectivity index (χ1) is 27.9. The second-order valence-corrected chi connectivity index (χ2v) is 18.4. The highest BCUT2D eigenvalue weighted by atomic mass is 32.5. The Hall–Kier alpha value is -4.57. The zero-order valence-electron chi connectivity index (χ0n) is 30.6. The molecule has 1 amide bonds. The lowest BCUT2D eigenvalue weighted by Gasteiger charge is -2.32. The SMILES string of the molecule is C[C@@H]1[C@@H]2OP(=S)(OCCC#N)OC[C@H]3O[C@@H](n4cnc5c(NC(=O)c6ccccc6)ncnc54)[C@H](F)[C@@H]3CP(=O)(OCCC#N)OC[C@H]2O[C@H]1n1ccc(=O)[nH]c1=O. The minimum absolute atomic E-state index is 0.0617. The first kappa shape index (κ1) is 41.6. The molecule has 1 aromatic carbocycles. The van der Waals surface area contributed by atoms with Gasteiger partial charge in [-0.15, -0.1) is 0 Å². The number of anilines is 1. The number of nitrogens with one attached hydrogen (secondary N) is 2. The number of carbonyl (C=O) groups excluding carboxylic acids is 1. The summed E-state index contributed by atoms with van der Waals surface area (Å²) in [6.07, 6.45) is -4.86. The van der Waals surface area contributed by atoms with Crippen molar-refractivity contribution < 1.29 is 45.8 Å². The van der Waals surface area contributed by atoms with Gasteiger partial charge in [-0.25, -0.2) is 24.1 Å². The maximum absolute atomic E-state index is 17.0. The molecule has 2 N–H and O–H groups in total. The molecule has 306 valence electrons. The molecular weight excluding hydrogens is 823 g/mol. The molecule has 3 aliphatic rings. The van der Waals surface area contributed by atoms with E-state index in [-0.39, 0.29) is 43.0 Å². The Kier molecular flexibility index (Phi) is 12.7. The Morgan fingerprint density at radius 2 is 1.74 bits per heavy atom. The summed E-state index contributed by atoms with van der Waals surface area (Å²) in [5.74, 6) is -2.36. The molecule has 20 nitrogen and oxygen atoms in total. The first-order valence-corrected chi connectivity index (χ1v) is 22.2. The van der Waals surface area contributed by atoms with Crippen LogP contribution in [0.15, 0.2) is 64.8 Å². The van der Waals surface area contributed by atoms with Gasteiger partial charge in [0.2, 0.25) is 0 Å². The summed E-state index contributed by atoms with van der Waals surface area (Å²) < 4.78 is 76.6. The fourth-order valence-corrected chi connectivity index (χ4v) is 11.0. The number of aromatic amines is 1. The molecule has 0 aliphatic carbocycles. The molecular formula is C34H36FN9O11P2S. The number of ether oxygens (including phenoxy) is 2. The maximum Gasteiger partial charge on any atom is 0.331 e. The third kappa shape index (κ3) is 8.87. The number of hydrogen-bond donors (Lipinski definition) is 2. The molecule has 0 radical (unpaired) electrons. The molecule has 0 bridgehead atoms. The summed E-state index contributed by atoms with van der Waals surface area (Å²) in [6, 6.07) is 13.4. The number of nitrogens with zero attached hydrogens (tertiary/aromatic N) is 7. The highest BCUT2D eigenvalue weighted by molar-refractivity contribution is 8.07. The molecule has 2 unspecified atom stereocenters. The number of amides is 1. The first-order valence-electron chi connectivity index (χ1n) is 17.9. The third-order valence-electron chi connectivity index (χ3n) is 9.63. The summed E-state index contributed by atoms with van der Waals surface area (Å²) in [5.41, 5.74) is -0.789. The van der Waals surface area contributed by atoms with Gasteiger partial charge in [0.25, 0.3) is 11.5 Å². The summed E-state index contributed by atoms with van der Waals surface area (Å²) >= 11 is 5.83. The van der Waals surface area contributed by atoms with Crippen molar-refractivity contribution in [2.75, 3.05) is 37.9 Å². The topological polar surface area (TPSA) is 257 Å². The van der Waals surface area contributed by atoms with Gasteiger partial charge in [-0.3, -0.25) is 28.3 Å². The van der Waals surface area contributed by atoms with Gasteiger partial charge in [-0.2, -0.15) is 10.5 Å². The van der Waals surface area contributed by atoms with Crippen molar-refractivity contribution in [3.05, 3.63) is 81.7 Å². The Labute approximate surface area is 333 Å². The quantitative estimate of drug-likeness (QED) is 0.170. The molecule has 3 aromatic heterocycles. The largest absolute Gasteiger partial charge is 0.349 e. The fraction of sp³-hybridized carbons (Fsp3) is 0.471. The Bertz CT molecular complexity index is 2440. The van der Waals surface area contributed by atoms with E-state index in [0.717, 1.165) is 10.6 Å². The molecule has 3 saturated heterocycles. The number of alkyl halides is 1. The van der Waals surface area contributed by atoms with E-state index in [1.54, 1.807) is 37.3 Å². The van der Waals surface area contributed by atoms with E-state index in [2.05, 4.69) is 25.3 Å². The highest BCUT2D eigenvalue weighted by Gasteiger charge is 2.53. The van der Waals surface area contributed by atoms with Crippen molar-refractivity contribution in [2.45, 2.75) is 56.7 Å². The lowest BCUT2D eigenvalue weighted by atomic mass is 10.0. The van der Waals surface area contributed by atoms with Crippen LogP contribution in [0.1, 0.15) is 42.6 Å². The van der Waals surface area contributed by atoms with Gasteiger partial charge in [0.05, 0.1) is 70.0 Å². The van der Waals surface area contributed by atoms with E-state index in [4.69, 9.17) is 43.9 Å². The smallest absolute Gasteiger partial charge is 0.331 e. The molecule has 4 aromatic rings. The highest BCUT2D eigenvalue weighted by Crippen LogP contribution is 2.59. The van der Waals surface area contributed by atoms with E-state index in [0.29, 0.717) is 5.56 Å². The van der Waals surface area contributed by atoms with Gasteiger partial charge in [0.1, 0.15) is 24.8 Å². The number of imidazole rings is 1. The van der Waals surface area contributed by atoms with Crippen molar-refractivity contribution in [3.8, 4) is 12.1 Å². The van der Waals surface area contributed by atoms with Gasteiger partial charge < -0.3 is 37.4 Å². The van der Waals surface area contributed by atoms with Crippen molar-refractivity contribution in [1.82, 2.24) is 29.1 Å². The number of fused-ring (bicyclic) bond motifs is 3. The minimum Gasteiger partial charge on any atom is -0.349 e. The number of rotatable bonds is 10. The molecule has 0 saturated carbocycles. The number of halogens is 1. The van der Waals surface area contributed by atoms with Crippen LogP contribution < -0.4 is 16.6 Å². The zero-order chi connectivity index (χ0) is 41.0. The van der Waals surface area contributed by atoms with Crippen LogP contribution in [0.4, 0.5) is 10.2 Å². The molecule has 3 fully saturated rings. The van der Waals surface area contributed by atoms with Crippen molar-refractivity contribution in [2.24, 2.45) is 11.8 Å². The molecule has 24 heteroatoms. The van der Waals surface area contributed by atoms with Crippen LogP contribution in [0.5, 0.6) is 0 Å². The van der Waals surface area contributed by atoms with Crippen LogP contribution in [-0.2, 0) is 48.5 Å². The Morgan fingerprint density at radius 3 is 2.48 bits per heavy atom. The van der Waals surface area contributed by atoms with Gasteiger partial charge in [-0.1, -0.05) is 25.1 Å². The summed E-state index contributed by atoms with van der Waals surface area (Å²) in [5, 5.41) is 21.1. The Balaban J connectivity index is 1.21.